The Balaban J connectivity index is 1.02. The predicted molar refractivity (Wildman–Crippen MR) is 233 cm³/mol. The van der Waals surface area contributed by atoms with Crippen LogP contribution in [-0.2, 0) is 35.1 Å². The molecule has 2 saturated heterocycles. The number of likely N-dealkylation sites (tertiary alicyclic amines) is 2. The molecule has 3 aromatic carbocycles. The molecule has 16 nitrogen and oxygen atoms in total. The zero-order valence-electron chi connectivity index (χ0n) is 36.5. The molecule has 330 valence electrons. The van der Waals surface area contributed by atoms with Gasteiger partial charge in [0.2, 0.25) is 18.2 Å². The van der Waals surface area contributed by atoms with Crippen molar-refractivity contribution in [2.45, 2.75) is 116 Å². The number of alkyl carbamates (subject to hydrolysis) is 1. The Bertz CT molecular complexity index is 2450. The lowest BCUT2D eigenvalue weighted by Crippen LogP contribution is -2.53. The summed E-state index contributed by atoms with van der Waals surface area (Å²) in [7, 11) is 4.31. The van der Waals surface area contributed by atoms with E-state index in [9.17, 15) is 14.4 Å². The second kappa shape index (κ2) is 18.0. The topological polar surface area (TPSA) is 199 Å². The molecule has 5 N–H and O–H groups in total. The van der Waals surface area contributed by atoms with Gasteiger partial charge in [-0.25, -0.2) is 14.8 Å². The summed E-state index contributed by atoms with van der Waals surface area (Å²) in [5.41, 5.74) is 12.4. The number of fused-ring (bicyclic) bond motifs is 6. The fourth-order valence-electron chi connectivity index (χ4n) is 9.39. The lowest BCUT2D eigenvalue weighted by molar-refractivity contribution is -0.151. The smallest absolute Gasteiger partial charge is 0.407 e. The van der Waals surface area contributed by atoms with E-state index in [4.69, 9.17) is 39.4 Å². The van der Waals surface area contributed by atoms with Gasteiger partial charge < -0.3 is 48.8 Å². The van der Waals surface area contributed by atoms with Gasteiger partial charge in [0.1, 0.15) is 30.0 Å². The van der Waals surface area contributed by atoms with E-state index in [1.165, 1.54) is 14.2 Å². The number of methoxy groups -OCH3 is 3. The van der Waals surface area contributed by atoms with Gasteiger partial charge in [0.25, 0.3) is 0 Å². The van der Waals surface area contributed by atoms with E-state index in [0.29, 0.717) is 6.61 Å². The monoisotopic (exact) mass is 850 g/mol. The Morgan fingerprint density at radius 3 is 2.42 bits per heavy atom. The van der Waals surface area contributed by atoms with Crippen LogP contribution < -0.4 is 15.8 Å². The molecule has 5 heterocycles. The number of H-pyrrole nitrogens is 2. The molecule has 16 heteroatoms. The Labute approximate surface area is 361 Å². The van der Waals surface area contributed by atoms with Crippen molar-refractivity contribution < 1.29 is 38.1 Å². The van der Waals surface area contributed by atoms with Crippen LogP contribution in [-0.4, -0.2) is 106 Å². The molecule has 0 saturated carbocycles. The number of amides is 3. The summed E-state index contributed by atoms with van der Waals surface area (Å²) in [5.74, 6) is 2.00. The summed E-state index contributed by atoms with van der Waals surface area (Å²) in [6, 6.07) is 13.6. The van der Waals surface area contributed by atoms with Gasteiger partial charge in [-0.3, -0.25) is 15.3 Å². The maximum atomic E-state index is 14.1. The largest absolute Gasteiger partial charge is 0.488 e. The van der Waals surface area contributed by atoms with E-state index in [0.717, 1.165) is 99.3 Å². The maximum absolute atomic E-state index is 14.1. The molecule has 2 unspecified atom stereocenters. The first-order valence-corrected chi connectivity index (χ1v) is 21.6. The van der Waals surface area contributed by atoms with E-state index in [2.05, 4.69) is 58.6 Å². The van der Waals surface area contributed by atoms with Crippen LogP contribution in [0.1, 0.15) is 95.5 Å². The molecule has 3 amide bonds. The van der Waals surface area contributed by atoms with Gasteiger partial charge in [-0.2, -0.15) is 0 Å². The average Bonchev–Trinajstić information content (AvgIpc) is 4.11. The highest BCUT2D eigenvalue weighted by Gasteiger charge is 2.42. The number of benzene rings is 3. The minimum Gasteiger partial charge on any atom is -0.488 e. The number of nitrogens with zero attached hydrogens (tertiary/aromatic N) is 4. The van der Waals surface area contributed by atoms with Crippen molar-refractivity contribution in [3.8, 4) is 28.1 Å². The summed E-state index contributed by atoms with van der Waals surface area (Å²) in [6.45, 7) is 8.61. The number of hydrogen-bond donors (Lipinski definition) is 4. The van der Waals surface area contributed by atoms with E-state index in [1.807, 2.05) is 42.8 Å². The summed E-state index contributed by atoms with van der Waals surface area (Å²) in [4.78, 5) is 60.8. The lowest BCUT2D eigenvalue weighted by Gasteiger charge is -2.33. The molecular formula is C46H58N8O8. The minimum absolute atomic E-state index is 0.0228. The Kier molecular flexibility index (Phi) is 12.5. The van der Waals surface area contributed by atoms with Gasteiger partial charge in [-0.15, -0.1) is 0 Å². The van der Waals surface area contributed by atoms with Crippen molar-refractivity contribution in [3.63, 3.8) is 0 Å². The maximum Gasteiger partial charge on any atom is 0.407 e. The molecule has 8 rings (SSSR count). The molecule has 0 aliphatic carbocycles. The second-order valence-corrected chi connectivity index (χ2v) is 16.9. The SMILES string of the molecule is CC[C@H](C)C(NC(=O)OC)C(=O)N1[C@@H](C)CC[C@H]1c1nc2c(ccc3cc4c(cc32)OCc2cc(-c3cnc([C@@H]5CC[C@H](C)N5C(=O)C[C@@H](COC(N)OC)OC)[nH]3)ccc2-4)[nH]1. The molecule has 3 aliphatic rings. The summed E-state index contributed by atoms with van der Waals surface area (Å²) in [5, 5.41) is 4.77. The van der Waals surface area contributed by atoms with Gasteiger partial charge in [-0.05, 0) is 91.8 Å². The van der Waals surface area contributed by atoms with Crippen LogP contribution in [0.2, 0.25) is 0 Å². The quantitative estimate of drug-likeness (QED) is 0.0853. The van der Waals surface area contributed by atoms with E-state index < -0.39 is 24.7 Å². The van der Waals surface area contributed by atoms with Crippen LogP contribution >= 0.6 is 0 Å². The molecule has 0 radical (unpaired) electrons. The van der Waals surface area contributed by atoms with Gasteiger partial charge >= 0.3 is 6.09 Å². The van der Waals surface area contributed by atoms with Crippen molar-refractivity contribution in [2.24, 2.45) is 11.7 Å². The van der Waals surface area contributed by atoms with Crippen LogP contribution in [0, 0.1) is 5.92 Å². The Morgan fingerprint density at radius 2 is 1.69 bits per heavy atom. The molecule has 62 heavy (non-hydrogen) atoms. The predicted octanol–water partition coefficient (Wildman–Crippen LogP) is 6.85. The van der Waals surface area contributed by atoms with Gasteiger partial charge in [0.05, 0.1) is 61.2 Å². The van der Waals surface area contributed by atoms with Crippen molar-refractivity contribution in [3.05, 3.63) is 65.9 Å². The molecule has 0 bridgehead atoms. The van der Waals surface area contributed by atoms with Crippen molar-refractivity contribution in [1.29, 1.82) is 0 Å². The lowest BCUT2D eigenvalue weighted by atomic mass is 9.92. The van der Waals surface area contributed by atoms with Crippen molar-refractivity contribution >= 4 is 39.7 Å². The fraction of sp³-hybridized carbons (Fsp3) is 0.500. The Hall–Kier alpha value is -5.55. The standard InChI is InChI=1S/C46H58N8O8/c1-8-24(2)40(52-46(57)60-7)44(56)54-26(4)10-16-37(54)43-49-34-14-12-27-18-33-31-13-11-28(17-29(31)22-61-38(33)20-32(27)41(34)51-43)35-21-48-42(50-35)36-15-9-25(3)53(36)39(55)19-30(58-5)23-62-45(47)59-6/h11-14,17-18,20-21,24-26,30,36-37,40,45H,8-10,15-16,19,22-23,47H2,1-7H3,(H,48,50)(H,49,51)(H,52,57)/t24-,25-,26-,30-,36-,37-,40?,45?/m0/s1. The second-order valence-electron chi connectivity index (χ2n) is 16.9. The number of nitrogens with one attached hydrogen (secondary N) is 3. The summed E-state index contributed by atoms with van der Waals surface area (Å²) >= 11 is 0. The van der Waals surface area contributed by atoms with Crippen molar-refractivity contribution in [2.75, 3.05) is 27.9 Å². The zero-order valence-corrected chi connectivity index (χ0v) is 36.5. The molecular weight excluding hydrogens is 793 g/mol. The van der Waals surface area contributed by atoms with E-state index >= 15 is 0 Å². The first kappa shape index (κ1) is 43.1. The number of rotatable bonds is 14. The molecule has 2 fully saturated rings. The van der Waals surface area contributed by atoms with Crippen molar-refractivity contribution in [1.82, 2.24) is 35.1 Å². The third-order valence-electron chi connectivity index (χ3n) is 13.1. The number of imidazole rings is 2. The van der Waals surface area contributed by atoms with E-state index in [1.54, 1.807) is 7.11 Å². The molecule has 8 atom stereocenters. The molecule has 0 spiro atoms. The highest BCUT2D eigenvalue weighted by molar-refractivity contribution is 6.07. The number of carbonyl (C=O) groups is 3. The third-order valence-corrected chi connectivity index (χ3v) is 13.1. The molecule has 5 aromatic rings. The number of hydrogen-bond acceptors (Lipinski definition) is 11. The van der Waals surface area contributed by atoms with Crippen LogP contribution in [0.3, 0.4) is 0 Å². The van der Waals surface area contributed by atoms with Crippen LogP contribution in [0.15, 0.2) is 48.7 Å². The first-order valence-electron chi connectivity index (χ1n) is 21.6. The van der Waals surface area contributed by atoms with Crippen LogP contribution in [0.4, 0.5) is 4.79 Å². The average molecular weight is 851 g/mol. The number of aromatic nitrogens is 4. The number of ether oxygens (including phenoxy) is 5. The van der Waals surface area contributed by atoms with Gasteiger partial charge in [-0.1, -0.05) is 38.5 Å². The number of carbonyl (C=O) groups excluding carboxylic acids is 3. The first-order chi connectivity index (χ1) is 29.9. The van der Waals surface area contributed by atoms with Gasteiger partial charge in [0.15, 0.2) is 0 Å². The van der Waals surface area contributed by atoms with E-state index in [-0.39, 0.29) is 54.9 Å². The third kappa shape index (κ3) is 8.23. The van der Waals surface area contributed by atoms with Crippen LogP contribution in [0.25, 0.3) is 44.2 Å². The number of aromatic amines is 2. The molecule has 3 aliphatic heterocycles. The zero-order chi connectivity index (χ0) is 43.8. The molecule has 2 aromatic heterocycles. The Morgan fingerprint density at radius 1 is 0.935 bits per heavy atom. The highest BCUT2D eigenvalue weighted by atomic mass is 16.7. The van der Waals surface area contributed by atoms with Crippen LogP contribution in [0.5, 0.6) is 5.75 Å². The van der Waals surface area contributed by atoms with Gasteiger partial charge in [0, 0.05) is 37.3 Å². The highest BCUT2D eigenvalue weighted by Crippen LogP contribution is 2.44. The normalized spacial score (nSPS) is 21.6. The number of nitrogens with two attached hydrogens (primary N) is 1. The summed E-state index contributed by atoms with van der Waals surface area (Å²) < 4.78 is 27.3. The summed E-state index contributed by atoms with van der Waals surface area (Å²) in [6.07, 6.45) is 3.96. The minimum atomic E-state index is -0.885. The fourth-order valence-corrected chi connectivity index (χ4v) is 9.39.